The quantitative estimate of drug-likeness (QED) is 0.681. The monoisotopic (exact) mass is 436 g/mol. The van der Waals surface area contributed by atoms with Crippen LogP contribution in [0.4, 0.5) is 0 Å². The normalized spacial score (nSPS) is 43.6. The van der Waals surface area contributed by atoms with Crippen LogP contribution in [-0.4, -0.2) is 32.8 Å². The van der Waals surface area contributed by atoms with Crippen LogP contribution < -0.4 is 0 Å². The van der Waals surface area contributed by atoms with Gasteiger partial charge in [-0.15, -0.1) is 0 Å². The number of hydrogen-bond donors (Lipinski definition) is 2. The second-order valence-electron chi connectivity index (χ2n) is 12.7. The molecule has 4 heteroatoms. The fourth-order valence-electron chi connectivity index (χ4n) is 7.49. The average molecular weight is 437 g/mol. The molecule has 174 valence electrons. The number of aliphatic hydroxyl groups is 2. The van der Waals surface area contributed by atoms with Gasteiger partial charge >= 0.3 is 0 Å². The van der Waals surface area contributed by atoms with E-state index >= 15 is 0 Å². The van der Waals surface area contributed by atoms with Gasteiger partial charge in [0.05, 0.1) is 13.1 Å². The van der Waals surface area contributed by atoms with E-state index in [4.69, 9.17) is 9.98 Å². The Kier molecular flexibility index (Phi) is 4.87. The van der Waals surface area contributed by atoms with Gasteiger partial charge < -0.3 is 10.2 Å². The minimum atomic E-state index is -0.777. The van der Waals surface area contributed by atoms with Gasteiger partial charge in [0.2, 0.25) is 0 Å². The lowest BCUT2D eigenvalue weighted by Gasteiger charge is -2.62. The molecule has 1 aromatic rings. The molecule has 4 bridgehead atoms. The number of benzene rings is 1. The smallest absolute Gasteiger partial charge is 0.103 e. The molecule has 0 radical (unpaired) electrons. The lowest BCUT2D eigenvalue weighted by atomic mass is 9.44. The van der Waals surface area contributed by atoms with Crippen LogP contribution in [0.5, 0.6) is 0 Å². The van der Waals surface area contributed by atoms with Crippen LogP contribution in [0.2, 0.25) is 0 Å². The van der Waals surface area contributed by atoms with Crippen molar-refractivity contribution in [1.82, 2.24) is 0 Å². The first-order chi connectivity index (χ1) is 14.8. The molecule has 4 nitrogen and oxygen atoms in total. The molecule has 1 aromatic carbocycles. The van der Waals surface area contributed by atoms with Gasteiger partial charge in [0.1, 0.15) is 11.2 Å². The molecule has 0 heterocycles. The summed E-state index contributed by atoms with van der Waals surface area (Å²) in [6.45, 7) is 14.3. The van der Waals surface area contributed by atoms with Crippen molar-refractivity contribution in [2.45, 2.75) is 91.5 Å². The predicted molar refractivity (Wildman–Crippen MR) is 130 cm³/mol. The summed E-state index contributed by atoms with van der Waals surface area (Å²) in [5.41, 5.74) is 3.19. The number of fused-ring (bicyclic) bond motifs is 4. The molecule has 0 unspecified atom stereocenters. The van der Waals surface area contributed by atoms with E-state index in [1.54, 1.807) is 0 Å². The van der Waals surface area contributed by atoms with Crippen LogP contribution in [0.1, 0.15) is 78.4 Å². The summed E-state index contributed by atoms with van der Waals surface area (Å²) >= 11 is 0. The highest BCUT2D eigenvalue weighted by molar-refractivity contribution is 5.95. The van der Waals surface area contributed by atoms with Crippen molar-refractivity contribution >= 4 is 11.4 Å². The Labute approximate surface area is 193 Å². The van der Waals surface area contributed by atoms with E-state index in [-0.39, 0.29) is 10.8 Å². The molecule has 6 aliphatic carbocycles. The van der Waals surface area contributed by atoms with Gasteiger partial charge in [-0.1, -0.05) is 52.0 Å². The standard InChI is InChI=1S/C28H40N2O2/c1-25(2)19-11-21(25)27(5,31)23(13-19)29-15-17-7-9-18(10-8-17)16-30-24-14-20-12-22(26(20,3)4)28(24,6)32/h7-10,19-22,31-32H,11-16H2,1-6H3/t19-,20-,21-,22-,27-,28-/m0/s1. The van der Waals surface area contributed by atoms with E-state index in [1.165, 1.54) is 0 Å². The van der Waals surface area contributed by atoms with Crippen LogP contribution in [0.25, 0.3) is 0 Å². The number of hydrogen-bond acceptors (Lipinski definition) is 4. The van der Waals surface area contributed by atoms with Crippen molar-refractivity contribution in [3.05, 3.63) is 35.4 Å². The zero-order valence-corrected chi connectivity index (χ0v) is 20.7. The minimum absolute atomic E-state index is 0.227. The molecule has 0 spiro atoms. The summed E-state index contributed by atoms with van der Waals surface area (Å²) in [6.07, 6.45) is 4.10. The first kappa shape index (κ1) is 22.3. The van der Waals surface area contributed by atoms with Crippen molar-refractivity contribution in [2.75, 3.05) is 0 Å². The van der Waals surface area contributed by atoms with E-state index < -0.39 is 11.2 Å². The second kappa shape index (κ2) is 6.99. The maximum atomic E-state index is 11.1. The molecule has 0 aromatic heterocycles. The van der Waals surface area contributed by atoms with E-state index in [0.29, 0.717) is 36.8 Å². The number of nitrogens with zero attached hydrogens (tertiary/aromatic N) is 2. The van der Waals surface area contributed by atoms with Gasteiger partial charge in [-0.3, -0.25) is 9.98 Å². The Morgan fingerprint density at radius 2 is 1.03 bits per heavy atom. The van der Waals surface area contributed by atoms with Crippen LogP contribution >= 0.6 is 0 Å². The van der Waals surface area contributed by atoms with Crippen LogP contribution in [0.15, 0.2) is 34.3 Å². The van der Waals surface area contributed by atoms with E-state index in [9.17, 15) is 10.2 Å². The van der Waals surface area contributed by atoms with E-state index in [1.807, 2.05) is 13.8 Å². The van der Waals surface area contributed by atoms with Crippen molar-refractivity contribution in [1.29, 1.82) is 0 Å². The molecule has 0 amide bonds. The zero-order valence-electron chi connectivity index (χ0n) is 20.7. The van der Waals surface area contributed by atoms with Crippen LogP contribution in [0, 0.1) is 34.5 Å². The third kappa shape index (κ3) is 3.16. The highest BCUT2D eigenvalue weighted by Crippen LogP contribution is 2.62. The topological polar surface area (TPSA) is 65.2 Å². The van der Waals surface area contributed by atoms with Crippen molar-refractivity contribution in [3.63, 3.8) is 0 Å². The van der Waals surface area contributed by atoms with E-state index in [2.05, 4.69) is 52.0 Å². The van der Waals surface area contributed by atoms with Gasteiger partial charge in [0.25, 0.3) is 0 Å². The first-order valence-electron chi connectivity index (χ1n) is 12.4. The Hall–Kier alpha value is -1.52. The average Bonchev–Trinajstić information content (AvgIpc) is 2.71. The van der Waals surface area contributed by atoms with Gasteiger partial charge in [0, 0.05) is 11.4 Å². The molecule has 6 fully saturated rings. The Morgan fingerprint density at radius 3 is 1.31 bits per heavy atom. The van der Waals surface area contributed by atoms with E-state index in [0.717, 1.165) is 48.2 Å². The largest absolute Gasteiger partial charge is 0.384 e. The Bertz CT molecular complexity index is 889. The first-order valence-corrected chi connectivity index (χ1v) is 12.4. The second-order valence-corrected chi connectivity index (χ2v) is 12.7. The van der Waals surface area contributed by atoms with Crippen molar-refractivity contribution in [3.8, 4) is 0 Å². The lowest BCUT2D eigenvalue weighted by molar-refractivity contribution is -0.134. The van der Waals surface area contributed by atoms with Gasteiger partial charge in [-0.25, -0.2) is 0 Å². The van der Waals surface area contributed by atoms with Gasteiger partial charge in [0.15, 0.2) is 0 Å². The summed E-state index contributed by atoms with van der Waals surface area (Å²) in [4.78, 5) is 9.71. The molecular formula is C28H40N2O2. The third-order valence-corrected chi connectivity index (χ3v) is 10.3. The molecule has 2 N–H and O–H groups in total. The third-order valence-electron chi connectivity index (χ3n) is 10.3. The predicted octanol–water partition coefficient (Wildman–Crippen LogP) is 5.20. The summed E-state index contributed by atoms with van der Waals surface area (Å²) in [6, 6.07) is 8.51. The molecule has 32 heavy (non-hydrogen) atoms. The van der Waals surface area contributed by atoms with Gasteiger partial charge in [-0.05, 0) is 85.2 Å². The molecule has 0 saturated heterocycles. The number of rotatable bonds is 4. The summed E-state index contributed by atoms with van der Waals surface area (Å²) in [7, 11) is 0. The SMILES string of the molecule is CC1(C)[C@@H]2CC(=NCc3ccc(CN=C4C[C@@H]5C[C@@H](C5(C)C)[C@]4(C)O)cc3)[C@@](C)(O)[C@H]1C2. The van der Waals surface area contributed by atoms with Crippen LogP contribution in [-0.2, 0) is 13.1 Å². The Balaban J connectivity index is 1.22. The summed E-state index contributed by atoms with van der Waals surface area (Å²) < 4.78 is 0. The highest BCUT2D eigenvalue weighted by atomic mass is 16.3. The highest BCUT2D eigenvalue weighted by Gasteiger charge is 2.62. The zero-order chi connectivity index (χ0) is 23.1. The fraction of sp³-hybridized carbons (Fsp3) is 0.714. The van der Waals surface area contributed by atoms with Gasteiger partial charge in [-0.2, -0.15) is 0 Å². The minimum Gasteiger partial charge on any atom is -0.384 e. The Morgan fingerprint density at radius 1 is 0.688 bits per heavy atom. The fourth-order valence-corrected chi connectivity index (χ4v) is 7.49. The maximum Gasteiger partial charge on any atom is 0.103 e. The molecule has 6 aliphatic rings. The molecule has 6 atom stereocenters. The maximum absolute atomic E-state index is 11.1. The molecule has 6 saturated carbocycles. The lowest BCUT2D eigenvalue weighted by Crippen LogP contribution is -2.64. The molecule has 0 aliphatic heterocycles. The summed E-state index contributed by atoms with van der Waals surface area (Å²) in [5, 5.41) is 22.2. The molecule has 7 rings (SSSR count). The summed E-state index contributed by atoms with van der Waals surface area (Å²) in [5.74, 6) is 1.95. The molecular weight excluding hydrogens is 396 g/mol. The van der Waals surface area contributed by atoms with Crippen LogP contribution in [0.3, 0.4) is 0 Å². The van der Waals surface area contributed by atoms with Crippen molar-refractivity contribution < 1.29 is 10.2 Å². The number of aliphatic imine (C=N–C) groups is 2. The van der Waals surface area contributed by atoms with Crippen molar-refractivity contribution in [2.24, 2.45) is 44.5 Å².